The maximum atomic E-state index is 12.9. The Morgan fingerprint density at radius 1 is 1.15 bits per heavy atom. The van der Waals surface area contributed by atoms with Crippen LogP contribution in [0, 0.1) is 0 Å². The molecule has 0 spiro atoms. The molecule has 0 unspecified atom stereocenters. The zero-order valence-corrected chi connectivity index (χ0v) is 19.1. The molecule has 0 aliphatic rings. The lowest BCUT2D eigenvalue weighted by Gasteiger charge is -2.20. The lowest BCUT2D eigenvalue weighted by atomic mass is 10.1. The summed E-state index contributed by atoms with van der Waals surface area (Å²) in [7, 11) is 0. The summed E-state index contributed by atoms with van der Waals surface area (Å²) in [6.45, 7) is 2.06. The molecular formula is C26H23ClF3NO3. The van der Waals surface area contributed by atoms with Gasteiger partial charge in [-0.25, -0.2) is 9.78 Å². The van der Waals surface area contributed by atoms with Crippen molar-refractivity contribution in [1.82, 2.24) is 4.98 Å². The predicted octanol–water partition coefficient (Wildman–Crippen LogP) is 7.83. The summed E-state index contributed by atoms with van der Waals surface area (Å²) < 4.78 is 44.8. The van der Waals surface area contributed by atoms with E-state index in [4.69, 9.17) is 21.4 Å². The van der Waals surface area contributed by atoms with Gasteiger partial charge in [0.2, 0.25) is 0 Å². The maximum absolute atomic E-state index is 12.9. The summed E-state index contributed by atoms with van der Waals surface area (Å²) in [6.07, 6.45) is 0.0996. The number of ether oxygens (including phenoxy) is 1. The van der Waals surface area contributed by atoms with Gasteiger partial charge < -0.3 is 9.84 Å². The molecule has 3 aromatic rings. The molecular weight excluding hydrogens is 467 g/mol. The van der Waals surface area contributed by atoms with Crippen LogP contribution in [0.4, 0.5) is 13.2 Å². The van der Waals surface area contributed by atoms with Crippen molar-refractivity contribution in [1.29, 1.82) is 0 Å². The van der Waals surface area contributed by atoms with Crippen molar-refractivity contribution in [2.45, 2.75) is 38.5 Å². The highest BCUT2D eigenvalue weighted by molar-refractivity contribution is 6.32. The molecule has 1 aromatic heterocycles. The van der Waals surface area contributed by atoms with Crippen molar-refractivity contribution < 1.29 is 27.8 Å². The molecule has 1 atom stereocenters. The minimum atomic E-state index is -4.40. The number of rotatable bonds is 9. The van der Waals surface area contributed by atoms with Crippen molar-refractivity contribution in [2.75, 3.05) is 0 Å². The minimum Gasteiger partial charge on any atom is -0.483 e. The van der Waals surface area contributed by atoms with Crippen molar-refractivity contribution in [3.05, 3.63) is 88.6 Å². The summed E-state index contributed by atoms with van der Waals surface area (Å²) in [5, 5.41) is 9.11. The highest BCUT2D eigenvalue weighted by Gasteiger charge is 2.30. The van der Waals surface area contributed by atoms with Gasteiger partial charge in [0.05, 0.1) is 22.0 Å². The van der Waals surface area contributed by atoms with Crippen LogP contribution in [0.25, 0.3) is 17.3 Å². The average Bonchev–Trinajstić information content (AvgIpc) is 2.81. The largest absolute Gasteiger partial charge is 0.483 e. The van der Waals surface area contributed by atoms with Crippen LogP contribution in [-0.2, 0) is 11.0 Å². The minimum absolute atomic E-state index is 0.327. The predicted molar refractivity (Wildman–Crippen MR) is 126 cm³/mol. The van der Waals surface area contributed by atoms with Crippen LogP contribution >= 0.6 is 11.6 Å². The first-order chi connectivity index (χ1) is 16.2. The van der Waals surface area contributed by atoms with E-state index < -0.39 is 23.8 Å². The molecule has 4 nitrogen and oxygen atoms in total. The smallest absolute Gasteiger partial charge is 0.416 e. The number of hydrogen-bond donors (Lipinski definition) is 1. The molecule has 1 N–H and O–H groups in total. The number of unbranched alkanes of at least 4 members (excludes halogenated alkanes) is 1. The van der Waals surface area contributed by atoms with Crippen LogP contribution in [0.2, 0.25) is 5.02 Å². The van der Waals surface area contributed by atoms with E-state index in [0.29, 0.717) is 39.7 Å². The summed E-state index contributed by atoms with van der Waals surface area (Å²) >= 11 is 6.37. The van der Waals surface area contributed by atoms with Gasteiger partial charge >= 0.3 is 12.1 Å². The fourth-order valence-corrected chi connectivity index (χ4v) is 3.55. The molecule has 1 heterocycles. The third-order valence-electron chi connectivity index (χ3n) is 5.07. The monoisotopic (exact) mass is 489 g/mol. The number of hydrogen-bond acceptors (Lipinski definition) is 3. The SMILES string of the molecule is CCCC[C@@H](Oc1ccc(/C=C/C(=O)O)cc1Cl)c1cccc(-c2ccc(C(F)(F)F)cc2)n1. The molecule has 0 aliphatic heterocycles. The Balaban J connectivity index is 1.86. The Kier molecular flexibility index (Phi) is 8.34. The van der Waals surface area contributed by atoms with Crippen LogP contribution in [-0.4, -0.2) is 16.1 Å². The van der Waals surface area contributed by atoms with E-state index in [0.717, 1.165) is 31.1 Å². The van der Waals surface area contributed by atoms with E-state index >= 15 is 0 Å². The molecule has 0 saturated carbocycles. The van der Waals surface area contributed by atoms with Gasteiger partial charge in [-0.1, -0.05) is 49.2 Å². The highest BCUT2D eigenvalue weighted by atomic mass is 35.5. The molecule has 0 radical (unpaired) electrons. The fraction of sp³-hybridized carbons (Fsp3) is 0.231. The molecule has 0 saturated heterocycles. The van der Waals surface area contributed by atoms with Crippen molar-refractivity contribution in [3.8, 4) is 17.0 Å². The van der Waals surface area contributed by atoms with E-state index in [1.807, 2.05) is 6.07 Å². The number of pyridine rings is 1. The van der Waals surface area contributed by atoms with Gasteiger partial charge in [0.15, 0.2) is 0 Å². The standard InChI is InChI=1S/C26H23ClF3NO3/c1-2-3-7-24(34-23-14-8-17(16-20(23)27)9-15-25(32)33)22-6-4-5-21(31-22)18-10-12-19(13-11-18)26(28,29)30/h4-6,8-16,24H,2-3,7H2,1H3,(H,32,33)/b15-9+/t24-/m1/s1. The van der Waals surface area contributed by atoms with E-state index in [1.165, 1.54) is 18.2 Å². The van der Waals surface area contributed by atoms with Crippen LogP contribution in [0.5, 0.6) is 5.75 Å². The van der Waals surface area contributed by atoms with Gasteiger partial charge in [0, 0.05) is 11.6 Å². The van der Waals surface area contributed by atoms with E-state index in [1.54, 1.807) is 30.3 Å². The van der Waals surface area contributed by atoms with Crippen LogP contribution in [0.3, 0.4) is 0 Å². The lowest BCUT2D eigenvalue weighted by molar-refractivity contribution is -0.137. The summed E-state index contributed by atoms with van der Waals surface area (Å²) in [5.41, 5.74) is 1.64. The number of halogens is 4. The van der Waals surface area contributed by atoms with Crippen molar-refractivity contribution in [2.24, 2.45) is 0 Å². The van der Waals surface area contributed by atoms with E-state index in [9.17, 15) is 18.0 Å². The zero-order valence-electron chi connectivity index (χ0n) is 18.3. The highest BCUT2D eigenvalue weighted by Crippen LogP contribution is 2.34. The first-order valence-corrected chi connectivity index (χ1v) is 11.1. The van der Waals surface area contributed by atoms with Crippen molar-refractivity contribution >= 4 is 23.6 Å². The summed E-state index contributed by atoms with van der Waals surface area (Å²) in [6, 6.07) is 15.2. The number of alkyl halides is 3. The number of carboxylic acid groups (broad SMARTS) is 1. The number of carbonyl (C=O) groups is 1. The first kappa shape index (κ1) is 25.3. The third kappa shape index (κ3) is 6.84. The molecule has 178 valence electrons. The lowest BCUT2D eigenvalue weighted by Crippen LogP contribution is -2.10. The molecule has 0 amide bonds. The van der Waals surface area contributed by atoms with Gasteiger partial charge in [0.1, 0.15) is 11.9 Å². The normalized spacial score (nSPS) is 12.6. The second-order valence-corrected chi connectivity index (χ2v) is 8.04. The number of aromatic nitrogens is 1. The van der Waals surface area contributed by atoms with Gasteiger partial charge in [0.25, 0.3) is 0 Å². The number of aliphatic carboxylic acids is 1. The number of carboxylic acids is 1. The van der Waals surface area contributed by atoms with Crippen LogP contribution in [0.1, 0.15) is 49.1 Å². The first-order valence-electron chi connectivity index (χ1n) is 10.7. The Labute approximate surface area is 200 Å². The summed E-state index contributed by atoms with van der Waals surface area (Å²) in [4.78, 5) is 15.4. The second kappa shape index (κ2) is 11.2. The van der Waals surface area contributed by atoms with Gasteiger partial charge in [-0.3, -0.25) is 0 Å². The third-order valence-corrected chi connectivity index (χ3v) is 5.37. The van der Waals surface area contributed by atoms with Crippen LogP contribution in [0.15, 0.2) is 66.7 Å². The molecule has 0 bridgehead atoms. The zero-order chi connectivity index (χ0) is 24.7. The van der Waals surface area contributed by atoms with Crippen LogP contribution < -0.4 is 4.74 Å². The fourth-order valence-electron chi connectivity index (χ4n) is 3.32. The van der Waals surface area contributed by atoms with Gasteiger partial charge in [-0.05, 0) is 60.9 Å². The molecule has 0 aliphatic carbocycles. The number of nitrogens with zero attached hydrogens (tertiary/aromatic N) is 1. The molecule has 3 rings (SSSR count). The Morgan fingerprint density at radius 2 is 1.88 bits per heavy atom. The Bertz CT molecular complexity index is 1160. The Hall–Kier alpha value is -3.32. The second-order valence-electron chi connectivity index (χ2n) is 7.63. The Morgan fingerprint density at radius 3 is 2.50 bits per heavy atom. The maximum Gasteiger partial charge on any atom is 0.416 e. The molecule has 2 aromatic carbocycles. The summed E-state index contributed by atoms with van der Waals surface area (Å²) in [5.74, 6) is -0.632. The van der Waals surface area contributed by atoms with Gasteiger partial charge in [-0.15, -0.1) is 0 Å². The molecule has 34 heavy (non-hydrogen) atoms. The number of benzene rings is 2. The van der Waals surface area contributed by atoms with E-state index in [2.05, 4.69) is 11.9 Å². The average molecular weight is 490 g/mol. The van der Waals surface area contributed by atoms with Gasteiger partial charge in [-0.2, -0.15) is 13.2 Å². The van der Waals surface area contributed by atoms with E-state index in [-0.39, 0.29) is 0 Å². The molecule has 0 fully saturated rings. The van der Waals surface area contributed by atoms with Crippen molar-refractivity contribution in [3.63, 3.8) is 0 Å². The quantitative estimate of drug-likeness (QED) is 0.311. The molecule has 8 heteroatoms. The topological polar surface area (TPSA) is 59.4 Å².